The maximum absolute atomic E-state index is 13.0. The van der Waals surface area contributed by atoms with Crippen LogP contribution in [0, 0.1) is 6.92 Å². The first-order chi connectivity index (χ1) is 41.9. The molecule has 0 bridgehead atoms. The standard InChI is InChI=1S/C65H100N10O11/c1-54-52-73(69-67-54)32-38-82-44-50-85-48-42-80-36-30-72(29-35-79-41-47-84-46-40-78-34-27-63(77)66-6)31-37-81-43-49-86-51-45-83-39-33-74-53-55(68-70-74)25-26-56(76)18-10-9-17-28-75-60-22-16-14-20-58(60)65(4,5)62(75)24-12-8-11-23-61-64(2,3)57-19-13-15-21-59(57)71(61)7/h8,11-16,19-24,52-53,62H,9-10,17-18,25-51H2,1-7H3,(H,66,77)/b11-8+,24-12+,61-23-. The fraction of sp³-hybridized carbons (Fsp3) is 0.631. The normalized spacial score (nSPS) is 15.8. The fourth-order valence-corrected chi connectivity index (χ4v) is 10.6. The van der Waals surface area contributed by atoms with Crippen LogP contribution in [0.15, 0.2) is 97.0 Å². The molecule has 2 aromatic heterocycles. The Hall–Kier alpha value is -5.72. The molecule has 21 nitrogen and oxygen atoms in total. The Labute approximate surface area is 511 Å². The van der Waals surface area contributed by atoms with Gasteiger partial charge in [0.1, 0.15) is 5.78 Å². The number of likely N-dealkylation sites (N-methyl/N-ethyl adjacent to an activating group) is 1. The van der Waals surface area contributed by atoms with Gasteiger partial charge < -0.3 is 57.7 Å². The van der Waals surface area contributed by atoms with Gasteiger partial charge in [-0.05, 0) is 55.5 Å². The highest BCUT2D eigenvalue weighted by molar-refractivity contribution is 5.78. The summed E-state index contributed by atoms with van der Waals surface area (Å²) < 4.78 is 55.0. The summed E-state index contributed by atoms with van der Waals surface area (Å²) in [6.45, 7) is 24.1. The van der Waals surface area contributed by atoms with Crippen LogP contribution in [0.2, 0.25) is 0 Å². The molecule has 6 rings (SSSR count). The van der Waals surface area contributed by atoms with Crippen molar-refractivity contribution < 1.29 is 52.2 Å². The molecule has 4 aromatic rings. The molecule has 0 fully saturated rings. The number of nitrogens with zero attached hydrogens (tertiary/aromatic N) is 9. The first-order valence-corrected chi connectivity index (χ1v) is 31.0. The Kier molecular flexibility index (Phi) is 31.6. The van der Waals surface area contributed by atoms with Gasteiger partial charge in [0.05, 0.1) is 149 Å². The number of carbonyl (C=O) groups is 2. The lowest BCUT2D eigenvalue weighted by Gasteiger charge is -2.32. The first-order valence-electron chi connectivity index (χ1n) is 31.0. The van der Waals surface area contributed by atoms with Crippen molar-refractivity contribution in [2.75, 3.05) is 169 Å². The molecule has 1 amide bonds. The Bertz CT molecular complexity index is 2640. The number of hydrogen-bond acceptors (Lipinski definition) is 18. The van der Waals surface area contributed by atoms with Crippen LogP contribution >= 0.6 is 0 Å². The van der Waals surface area contributed by atoms with E-state index < -0.39 is 0 Å². The number of benzene rings is 2. The van der Waals surface area contributed by atoms with E-state index in [0.29, 0.717) is 177 Å². The molecule has 1 N–H and O–H groups in total. The van der Waals surface area contributed by atoms with Crippen molar-refractivity contribution in [3.05, 3.63) is 120 Å². The quantitative estimate of drug-likeness (QED) is 0.0346. The Balaban J connectivity index is 0.772. The highest BCUT2D eigenvalue weighted by Gasteiger charge is 2.42. The average Bonchev–Trinajstić information content (AvgIpc) is 2.26. The van der Waals surface area contributed by atoms with Gasteiger partial charge in [-0.25, -0.2) is 9.36 Å². The number of nitrogens with one attached hydrogen (secondary N) is 1. The number of rotatable bonds is 48. The molecule has 4 heterocycles. The van der Waals surface area contributed by atoms with Gasteiger partial charge in [0.25, 0.3) is 0 Å². The fourth-order valence-electron chi connectivity index (χ4n) is 10.6. The average molecular weight is 1200 g/mol. The van der Waals surface area contributed by atoms with Crippen LogP contribution in [-0.4, -0.2) is 212 Å². The number of allylic oxidation sites excluding steroid dienone is 5. The second-order valence-electron chi connectivity index (χ2n) is 22.6. The lowest BCUT2D eigenvalue weighted by atomic mass is 9.80. The number of carbonyl (C=O) groups excluding carboxylic acids is 2. The van der Waals surface area contributed by atoms with Crippen LogP contribution < -0.4 is 15.1 Å². The van der Waals surface area contributed by atoms with E-state index in [9.17, 15) is 9.59 Å². The van der Waals surface area contributed by atoms with Crippen molar-refractivity contribution in [3.8, 4) is 0 Å². The zero-order valence-corrected chi connectivity index (χ0v) is 52.7. The lowest BCUT2D eigenvalue weighted by molar-refractivity contribution is -0.122. The SMILES string of the molecule is CNC(=O)CCOCCOCCOCCN(CCOCCOCCOCCn1cc(C)nn1)CCOCCOCCOCCn1cc(CCC(=O)CCCCCN2c3ccccc3C(C)(C)C2/C=C/C=C/C=C2\N(C)c3ccccc3C2(C)C)nn1. The molecule has 0 saturated carbocycles. The van der Waals surface area contributed by atoms with Crippen LogP contribution in [0.1, 0.15) is 88.7 Å². The lowest BCUT2D eigenvalue weighted by Crippen LogP contribution is -2.40. The summed E-state index contributed by atoms with van der Waals surface area (Å²) in [6, 6.07) is 17.7. The summed E-state index contributed by atoms with van der Waals surface area (Å²) in [5, 5.41) is 19.1. The van der Waals surface area contributed by atoms with Crippen molar-refractivity contribution in [1.29, 1.82) is 0 Å². The van der Waals surface area contributed by atoms with E-state index in [0.717, 1.165) is 37.2 Å². The molecule has 0 saturated heterocycles. The molecular weight excluding hydrogens is 1100 g/mol. The number of Topliss-reactive ketones (excluding diaryl/α,β-unsaturated/α-hetero) is 1. The monoisotopic (exact) mass is 1200 g/mol. The van der Waals surface area contributed by atoms with E-state index in [1.54, 1.807) is 16.4 Å². The van der Waals surface area contributed by atoms with E-state index >= 15 is 0 Å². The summed E-state index contributed by atoms with van der Waals surface area (Å²) in [7, 11) is 3.77. The minimum atomic E-state index is -0.0531. The molecule has 21 heteroatoms. The number of para-hydroxylation sites is 2. The third kappa shape index (κ3) is 24.1. The highest BCUT2D eigenvalue weighted by atomic mass is 16.6. The number of hydrogen-bond donors (Lipinski definition) is 1. The number of aromatic nitrogens is 6. The van der Waals surface area contributed by atoms with E-state index in [2.05, 4.69) is 154 Å². The van der Waals surface area contributed by atoms with E-state index in [-0.39, 0.29) is 28.6 Å². The molecule has 2 aliphatic heterocycles. The Morgan fingerprint density at radius 1 is 0.570 bits per heavy atom. The summed E-state index contributed by atoms with van der Waals surface area (Å²) in [4.78, 5) is 31.4. The number of aryl methyl sites for hydroxylation is 2. The zero-order valence-electron chi connectivity index (χ0n) is 52.7. The molecule has 476 valence electrons. The van der Waals surface area contributed by atoms with Crippen molar-refractivity contribution in [3.63, 3.8) is 0 Å². The molecule has 0 spiro atoms. The summed E-state index contributed by atoms with van der Waals surface area (Å²) >= 11 is 0. The first kappa shape index (κ1) is 69.4. The third-order valence-corrected chi connectivity index (χ3v) is 15.5. The van der Waals surface area contributed by atoms with Gasteiger partial charge in [0.15, 0.2) is 0 Å². The molecule has 1 atom stereocenters. The molecule has 0 aliphatic carbocycles. The third-order valence-electron chi connectivity index (χ3n) is 15.5. The molecule has 2 aliphatic rings. The summed E-state index contributed by atoms with van der Waals surface area (Å²) in [5.74, 6) is 0.219. The highest BCUT2D eigenvalue weighted by Crippen LogP contribution is 2.47. The van der Waals surface area contributed by atoms with Crippen molar-refractivity contribution in [2.24, 2.45) is 0 Å². The molecular formula is C65H100N10O11. The maximum atomic E-state index is 13.0. The van der Waals surface area contributed by atoms with Gasteiger partial charge in [0, 0.05) is 99.8 Å². The van der Waals surface area contributed by atoms with Crippen molar-refractivity contribution in [1.82, 2.24) is 40.2 Å². The Morgan fingerprint density at radius 2 is 1.09 bits per heavy atom. The smallest absolute Gasteiger partial charge is 0.222 e. The summed E-state index contributed by atoms with van der Waals surface area (Å²) in [6.07, 6.45) is 19.8. The van der Waals surface area contributed by atoms with E-state index in [1.165, 1.54) is 28.2 Å². The van der Waals surface area contributed by atoms with Crippen LogP contribution in [0.3, 0.4) is 0 Å². The van der Waals surface area contributed by atoms with Gasteiger partial charge in [-0.1, -0.05) is 105 Å². The minimum Gasteiger partial charge on any atom is -0.379 e. The second-order valence-corrected chi connectivity index (χ2v) is 22.6. The van der Waals surface area contributed by atoms with Crippen LogP contribution in [0.25, 0.3) is 0 Å². The number of anilines is 2. The molecule has 1 unspecified atom stereocenters. The number of unbranched alkanes of at least 4 members (excludes halogenated alkanes) is 2. The van der Waals surface area contributed by atoms with Crippen LogP contribution in [0.4, 0.5) is 11.4 Å². The van der Waals surface area contributed by atoms with E-state index in [4.69, 9.17) is 42.6 Å². The zero-order chi connectivity index (χ0) is 61.1. The van der Waals surface area contributed by atoms with Gasteiger partial charge in [-0.2, -0.15) is 0 Å². The number of fused-ring (bicyclic) bond motifs is 2. The second kappa shape index (κ2) is 39.2. The van der Waals surface area contributed by atoms with Gasteiger partial charge >= 0.3 is 0 Å². The predicted molar refractivity (Wildman–Crippen MR) is 334 cm³/mol. The van der Waals surface area contributed by atoms with Gasteiger partial charge in [-0.15, -0.1) is 10.2 Å². The molecule has 2 aromatic carbocycles. The number of amides is 1. The topological polar surface area (TPSA) is 200 Å². The van der Waals surface area contributed by atoms with Crippen molar-refractivity contribution in [2.45, 2.75) is 110 Å². The van der Waals surface area contributed by atoms with Crippen LogP contribution in [-0.2, 0) is 82.6 Å². The number of ether oxygens (including phenoxy) is 9. The van der Waals surface area contributed by atoms with Crippen LogP contribution in [0.5, 0.6) is 0 Å². The molecule has 86 heavy (non-hydrogen) atoms. The van der Waals surface area contributed by atoms with E-state index in [1.807, 2.05) is 19.3 Å². The van der Waals surface area contributed by atoms with Crippen molar-refractivity contribution >= 4 is 23.1 Å². The molecule has 0 radical (unpaired) electrons. The predicted octanol–water partition coefficient (Wildman–Crippen LogP) is 7.12. The van der Waals surface area contributed by atoms with Gasteiger partial charge in [-0.3, -0.25) is 14.5 Å². The Morgan fingerprint density at radius 3 is 1.66 bits per heavy atom. The maximum Gasteiger partial charge on any atom is 0.222 e. The largest absolute Gasteiger partial charge is 0.379 e. The van der Waals surface area contributed by atoms with Gasteiger partial charge in [0.2, 0.25) is 5.91 Å². The minimum absolute atomic E-state index is 0.0427. The summed E-state index contributed by atoms with van der Waals surface area (Å²) in [5.41, 5.74) is 8.21. The number of ketones is 1.